The van der Waals surface area contributed by atoms with E-state index in [1.807, 2.05) is 34.9 Å². The van der Waals surface area contributed by atoms with Gasteiger partial charge in [0, 0.05) is 6.04 Å². The zero-order valence-corrected chi connectivity index (χ0v) is 11.3. The van der Waals surface area contributed by atoms with Crippen LogP contribution in [-0.2, 0) is 4.79 Å². The molecule has 0 bridgehead atoms. The van der Waals surface area contributed by atoms with Gasteiger partial charge >= 0.3 is 0 Å². The predicted molar refractivity (Wildman–Crippen MR) is 68.2 cm³/mol. The topological polar surface area (TPSA) is 58.4 Å². The van der Waals surface area contributed by atoms with E-state index in [0.29, 0.717) is 0 Å². The number of rotatable bonds is 7. The van der Waals surface area contributed by atoms with Gasteiger partial charge in [0.15, 0.2) is 0 Å². The van der Waals surface area contributed by atoms with Gasteiger partial charge in [-0.15, -0.1) is 0 Å². The molecular weight excluding hydrogens is 202 g/mol. The summed E-state index contributed by atoms with van der Waals surface area (Å²) in [5.41, 5.74) is 5.85. The van der Waals surface area contributed by atoms with Gasteiger partial charge in [0.1, 0.15) is 0 Å². The molecule has 0 aliphatic heterocycles. The molecule has 0 aromatic carbocycles. The predicted octanol–water partition coefficient (Wildman–Crippen LogP) is 0.816. The van der Waals surface area contributed by atoms with Gasteiger partial charge in [0.25, 0.3) is 0 Å². The van der Waals surface area contributed by atoms with Crippen LogP contribution < -0.4 is 11.1 Å². The van der Waals surface area contributed by atoms with Gasteiger partial charge in [0.2, 0.25) is 5.91 Å². The summed E-state index contributed by atoms with van der Waals surface area (Å²) in [5, 5.41) is 2.96. The van der Waals surface area contributed by atoms with Crippen LogP contribution in [-0.4, -0.2) is 43.5 Å². The molecule has 0 aromatic heterocycles. The lowest BCUT2D eigenvalue weighted by molar-refractivity contribution is -0.124. The molecule has 0 saturated carbocycles. The maximum Gasteiger partial charge on any atom is 0.237 e. The average molecular weight is 229 g/mol. The van der Waals surface area contributed by atoms with E-state index >= 15 is 0 Å². The van der Waals surface area contributed by atoms with Crippen LogP contribution in [0, 0.1) is 5.92 Å². The Labute approximate surface area is 99.6 Å². The van der Waals surface area contributed by atoms with E-state index < -0.39 is 0 Å². The first-order chi connectivity index (χ1) is 7.38. The van der Waals surface area contributed by atoms with Crippen molar-refractivity contribution in [2.45, 2.75) is 45.7 Å². The van der Waals surface area contributed by atoms with Crippen LogP contribution >= 0.6 is 0 Å². The number of nitrogens with one attached hydrogen (secondary N) is 1. The number of carbonyl (C=O) groups excluding carboxylic acids is 1. The molecule has 4 nitrogen and oxygen atoms in total. The fourth-order valence-corrected chi connectivity index (χ4v) is 1.38. The van der Waals surface area contributed by atoms with Crippen molar-refractivity contribution in [3.8, 4) is 0 Å². The van der Waals surface area contributed by atoms with Crippen LogP contribution in [0.3, 0.4) is 0 Å². The van der Waals surface area contributed by atoms with E-state index in [9.17, 15) is 4.79 Å². The Morgan fingerprint density at radius 1 is 1.38 bits per heavy atom. The molecule has 0 heterocycles. The number of nitrogens with two attached hydrogens (primary N) is 1. The zero-order chi connectivity index (χ0) is 12.7. The van der Waals surface area contributed by atoms with Crippen molar-refractivity contribution in [2.24, 2.45) is 11.7 Å². The highest BCUT2D eigenvalue weighted by Gasteiger charge is 2.20. The minimum absolute atomic E-state index is 0.0272. The van der Waals surface area contributed by atoms with E-state index in [0.717, 1.165) is 19.4 Å². The Bertz CT molecular complexity index is 206. The Hall–Kier alpha value is -0.610. The summed E-state index contributed by atoms with van der Waals surface area (Å²) < 4.78 is 0. The van der Waals surface area contributed by atoms with Gasteiger partial charge in [0.05, 0.1) is 6.04 Å². The molecule has 0 aliphatic carbocycles. The normalized spacial score (nSPS) is 16.9. The lowest BCUT2D eigenvalue weighted by atomic mass is 9.99. The van der Waals surface area contributed by atoms with Crippen molar-refractivity contribution in [1.29, 1.82) is 0 Å². The summed E-state index contributed by atoms with van der Waals surface area (Å²) in [4.78, 5) is 13.9. The first-order valence-corrected chi connectivity index (χ1v) is 6.09. The van der Waals surface area contributed by atoms with Crippen LogP contribution in [0.4, 0.5) is 0 Å². The Kier molecular flexibility index (Phi) is 7.34. The number of hydrogen-bond acceptors (Lipinski definition) is 3. The second-order valence-corrected chi connectivity index (χ2v) is 4.91. The molecule has 4 heteroatoms. The SMILES string of the molecule is CC[C@H](C)[C@H](N)C(=O)NC(C)CCN(C)C. The molecule has 0 aliphatic rings. The van der Waals surface area contributed by atoms with Crippen LogP contribution in [0.25, 0.3) is 0 Å². The van der Waals surface area contributed by atoms with Crippen molar-refractivity contribution in [3.63, 3.8) is 0 Å². The van der Waals surface area contributed by atoms with Gasteiger partial charge in [-0.2, -0.15) is 0 Å². The van der Waals surface area contributed by atoms with E-state index in [4.69, 9.17) is 5.73 Å². The van der Waals surface area contributed by atoms with Crippen LogP contribution in [0.1, 0.15) is 33.6 Å². The average Bonchev–Trinajstić information content (AvgIpc) is 2.24. The van der Waals surface area contributed by atoms with E-state index in [-0.39, 0.29) is 23.9 Å². The van der Waals surface area contributed by atoms with Crippen molar-refractivity contribution >= 4 is 5.91 Å². The van der Waals surface area contributed by atoms with Crippen LogP contribution in [0.15, 0.2) is 0 Å². The third-order valence-corrected chi connectivity index (χ3v) is 2.96. The molecule has 3 N–H and O–H groups in total. The van der Waals surface area contributed by atoms with Gasteiger partial charge in [-0.1, -0.05) is 20.3 Å². The molecule has 0 rings (SSSR count). The monoisotopic (exact) mass is 229 g/mol. The lowest BCUT2D eigenvalue weighted by Crippen LogP contribution is -2.48. The quantitative estimate of drug-likeness (QED) is 0.679. The highest BCUT2D eigenvalue weighted by atomic mass is 16.2. The summed E-state index contributed by atoms with van der Waals surface area (Å²) in [5.74, 6) is 0.210. The maximum absolute atomic E-state index is 11.7. The van der Waals surface area contributed by atoms with Gasteiger partial charge in [-0.25, -0.2) is 0 Å². The van der Waals surface area contributed by atoms with E-state index in [2.05, 4.69) is 10.2 Å². The minimum atomic E-state index is -0.383. The first-order valence-electron chi connectivity index (χ1n) is 6.09. The molecular formula is C12H27N3O. The van der Waals surface area contributed by atoms with E-state index in [1.165, 1.54) is 0 Å². The van der Waals surface area contributed by atoms with Crippen molar-refractivity contribution < 1.29 is 4.79 Å². The highest BCUT2D eigenvalue weighted by Crippen LogP contribution is 2.05. The second-order valence-electron chi connectivity index (χ2n) is 4.91. The number of nitrogens with zero attached hydrogens (tertiary/aromatic N) is 1. The zero-order valence-electron chi connectivity index (χ0n) is 11.3. The van der Waals surface area contributed by atoms with Crippen molar-refractivity contribution in [3.05, 3.63) is 0 Å². The molecule has 1 unspecified atom stereocenters. The highest BCUT2D eigenvalue weighted by molar-refractivity contribution is 5.82. The van der Waals surface area contributed by atoms with Crippen molar-refractivity contribution in [2.75, 3.05) is 20.6 Å². The molecule has 16 heavy (non-hydrogen) atoms. The third-order valence-electron chi connectivity index (χ3n) is 2.96. The third kappa shape index (κ3) is 6.08. The Morgan fingerprint density at radius 3 is 2.38 bits per heavy atom. The molecule has 3 atom stereocenters. The number of amides is 1. The molecule has 0 saturated heterocycles. The Balaban J connectivity index is 3.94. The summed E-state index contributed by atoms with van der Waals surface area (Å²) >= 11 is 0. The second kappa shape index (κ2) is 7.63. The first kappa shape index (κ1) is 15.4. The summed E-state index contributed by atoms with van der Waals surface area (Å²) in [6, 6.07) is -0.197. The number of hydrogen-bond donors (Lipinski definition) is 2. The standard InChI is InChI=1S/C12H27N3O/c1-6-9(2)11(13)12(16)14-10(3)7-8-15(4)5/h9-11H,6-8,13H2,1-5H3,(H,14,16)/t9-,10?,11-/m0/s1. The van der Waals surface area contributed by atoms with Crippen LogP contribution in [0.5, 0.6) is 0 Å². The minimum Gasteiger partial charge on any atom is -0.352 e. The summed E-state index contributed by atoms with van der Waals surface area (Å²) in [6.07, 6.45) is 1.88. The van der Waals surface area contributed by atoms with Gasteiger partial charge in [-0.3, -0.25) is 4.79 Å². The molecule has 0 spiro atoms. The van der Waals surface area contributed by atoms with E-state index in [1.54, 1.807) is 0 Å². The summed E-state index contributed by atoms with van der Waals surface area (Å²) in [6.45, 7) is 7.05. The molecule has 96 valence electrons. The van der Waals surface area contributed by atoms with Gasteiger partial charge < -0.3 is 16.0 Å². The molecule has 0 fully saturated rings. The van der Waals surface area contributed by atoms with Crippen LogP contribution in [0.2, 0.25) is 0 Å². The lowest BCUT2D eigenvalue weighted by Gasteiger charge is -2.22. The fourth-order valence-electron chi connectivity index (χ4n) is 1.38. The smallest absolute Gasteiger partial charge is 0.237 e. The summed E-state index contributed by atoms with van der Waals surface area (Å²) in [7, 11) is 4.05. The molecule has 1 amide bonds. The molecule has 0 radical (unpaired) electrons. The Morgan fingerprint density at radius 2 is 1.94 bits per heavy atom. The molecule has 0 aromatic rings. The van der Waals surface area contributed by atoms with Gasteiger partial charge in [-0.05, 0) is 39.9 Å². The fraction of sp³-hybridized carbons (Fsp3) is 0.917. The number of carbonyl (C=O) groups is 1. The maximum atomic E-state index is 11.7. The van der Waals surface area contributed by atoms with Crippen molar-refractivity contribution in [1.82, 2.24) is 10.2 Å². The largest absolute Gasteiger partial charge is 0.352 e.